The molecule has 0 aliphatic heterocycles. The molecule has 2 aromatic carbocycles. The molecule has 3 rings (SSSR count). The van der Waals surface area contributed by atoms with Gasteiger partial charge in [-0.2, -0.15) is 0 Å². The van der Waals surface area contributed by atoms with E-state index in [9.17, 15) is 9.59 Å². The summed E-state index contributed by atoms with van der Waals surface area (Å²) in [5, 5.41) is 14.8. The molecular weight excluding hydrogens is 505 g/mol. The van der Waals surface area contributed by atoms with E-state index in [4.69, 9.17) is 5.11 Å². The van der Waals surface area contributed by atoms with Crippen LogP contribution in [0.3, 0.4) is 0 Å². The number of fused-ring (bicyclic) bond motifs is 1. The summed E-state index contributed by atoms with van der Waals surface area (Å²) < 4.78 is 1.12. The van der Waals surface area contributed by atoms with Crippen molar-refractivity contribution in [1.82, 2.24) is 10.2 Å². The summed E-state index contributed by atoms with van der Waals surface area (Å²) in [6.45, 7) is 2.14. The molecule has 0 saturated heterocycles. The van der Waals surface area contributed by atoms with Gasteiger partial charge in [-0.25, -0.2) is 4.79 Å². The van der Waals surface area contributed by atoms with E-state index >= 15 is 0 Å². The highest BCUT2D eigenvalue weighted by molar-refractivity contribution is 14.1. The SMILES string of the molecule is O=C(O)CCCN(CCCNC(=O)Nc1ccc(I)cc1)C1CCCc2ccccc21. The van der Waals surface area contributed by atoms with Crippen molar-refractivity contribution in [1.29, 1.82) is 0 Å². The molecule has 0 saturated carbocycles. The Hall–Kier alpha value is -2.13. The number of carbonyl (C=O) groups excluding carboxylic acids is 1. The summed E-state index contributed by atoms with van der Waals surface area (Å²) in [5.74, 6) is -0.752. The Kier molecular flexibility index (Phi) is 9.14. The first-order valence-electron chi connectivity index (χ1n) is 10.9. The maximum Gasteiger partial charge on any atom is 0.319 e. The molecule has 1 atom stereocenters. The number of halogens is 1. The minimum atomic E-state index is -0.752. The average molecular weight is 535 g/mol. The number of nitrogens with zero attached hydrogens (tertiary/aromatic N) is 1. The highest BCUT2D eigenvalue weighted by Gasteiger charge is 2.25. The summed E-state index contributed by atoms with van der Waals surface area (Å²) in [6, 6.07) is 16.4. The Balaban J connectivity index is 1.52. The number of rotatable bonds is 10. The van der Waals surface area contributed by atoms with Crippen LogP contribution in [0.4, 0.5) is 10.5 Å². The number of carbonyl (C=O) groups is 2. The molecule has 0 bridgehead atoms. The van der Waals surface area contributed by atoms with E-state index in [0.717, 1.165) is 48.0 Å². The van der Waals surface area contributed by atoms with Gasteiger partial charge in [0.2, 0.25) is 0 Å². The summed E-state index contributed by atoms with van der Waals surface area (Å²) in [6.07, 6.45) is 4.97. The molecule has 3 N–H and O–H groups in total. The molecule has 6 nitrogen and oxygen atoms in total. The molecule has 0 radical (unpaired) electrons. The Bertz CT molecular complexity index is 873. The van der Waals surface area contributed by atoms with Gasteiger partial charge < -0.3 is 15.7 Å². The molecule has 0 fully saturated rings. The number of benzene rings is 2. The van der Waals surface area contributed by atoms with Crippen LogP contribution in [-0.2, 0) is 11.2 Å². The van der Waals surface area contributed by atoms with Crippen LogP contribution in [0.15, 0.2) is 48.5 Å². The van der Waals surface area contributed by atoms with Gasteiger partial charge in [-0.15, -0.1) is 0 Å². The molecule has 2 aromatic rings. The van der Waals surface area contributed by atoms with Crippen LogP contribution in [-0.4, -0.2) is 41.6 Å². The first-order valence-corrected chi connectivity index (χ1v) is 11.9. The molecule has 0 heterocycles. The summed E-state index contributed by atoms with van der Waals surface area (Å²) >= 11 is 2.23. The molecule has 7 heteroatoms. The van der Waals surface area contributed by atoms with Crippen LogP contribution in [0.25, 0.3) is 0 Å². The van der Waals surface area contributed by atoms with Crippen LogP contribution in [0.5, 0.6) is 0 Å². The number of carboxylic acid groups (broad SMARTS) is 1. The van der Waals surface area contributed by atoms with Crippen molar-refractivity contribution in [3.05, 3.63) is 63.2 Å². The normalized spacial score (nSPS) is 15.4. The quantitative estimate of drug-likeness (QED) is 0.294. The molecular formula is C24H30IN3O3. The Morgan fingerprint density at radius 2 is 1.81 bits per heavy atom. The number of nitrogens with one attached hydrogen (secondary N) is 2. The van der Waals surface area contributed by atoms with Gasteiger partial charge in [0.25, 0.3) is 0 Å². The molecule has 1 aliphatic rings. The predicted molar refractivity (Wildman–Crippen MR) is 131 cm³/mol. The lowest BCUT2D eigenvalue weighted by atomic mass is 9.86. The lowest BCUT2D eigenvalue weighted by molar-refractivity contribution is -0.137. The largest absolute Gasteiger partial charge is 0.481 e. The zero-order valence-electron chi connectivity index (χ0n) is 17.6. The number of aliphatic carboxylic acids is 1. The molecule has 1 aliphatic carbocycles. The van der Waals surface area contributed by atoms with Gasteiger partial charge in [0.05, 0.1) is 0 Å². The van der Waals surface area contributed by atoms with Crippen LogP contribution in [0, 0.1) is 3.57 Å². The van der Waals surface area contributed by atoms with E-state index in [1.54, 1.807) is 0 Å². The standard InChI is InChI=1S/C24H30IN3O3/c25-19-11-13-20(14-12-19)27-24(31)26-15-5-17-28(16-4-10-23(29)30)22-9-3-7-18-6-1-2-8-21(18)22/h1-2,6,8,11-14,22H,3-5,7,9-10,15-17H2,(H,29,30)(H2,26,27,31). The smallest absolute Gasteiger partial charge is 0.319 e. The van der Waals surface area contributed by atoms with Gasteiger partial charge >= 0.3 is 12.0 Å². The van der Waals surface area contributed by atoms with Crippen molar-refractivity contribution in [2.45, 2.75) is 44.6 Å². The number of anilines is 1. The maximum absolute atomic E-state index is 12.2. The third kappa shape index (κ3) is 7.50. The topological polar surface area (TPSA) is 81.7 Å². The van der Waals surface area contributed by atoms with Gasteiger partial charge in [-0.05, 0) is 96.6 Å². The number of aryl methyl sites for hydroxylation is 1. The van der Waals surface area contributed by atoms with Crippen LogP contribution < -0.4 is 10.6 Å². The van der Waals surface area contributed by atoms with Gasteiger partial charge in [0, 0.05) is 34.8 Å². The average Bonchev–Trinajstić information content (AvgIpc) is 2.76. The van der Waals surface area contributed by atoms with Gasteiger partial charge in [-0.3, -0.25) is 9.69 Å². The lowest BCUT2D eigenvalue weighted by Crippen LogP contribution is -2.36. The van der Waals surface area contributed by atoms with Crippen molar-refractivity contribution in [2.75, 3.05) is 25.0 Å². The fraction of sp³-hybridized carbons (Fsp3) is 0.417. The number of hydrogen-bond acceptors (Lipinski definition) is 3. The Morgan fingerprint density at radius 3 is 2.58 bits per heavy atom. The first-order chi connectivity index (χ1) is 15.0. The number of carboxylic acids is 1. The van der Waals surface area contributed by atoms with E-state index in [-0.39, 0.29) is 12.5 Å². The van der Waals surface area contributed by atoms with Gasteiger partial charge in [0.1, 0.15) is 0 Å². The maximum atomic E-state index is 12.2. The molecule has 166 valence electrons. The third-order valence-corrected chi connectivity index (χ3v) is 6.34. The summed E-state index contributed by atoms with van der Waals surface area (Å²) in [4.78, 5) is 25.5. The highest BCUT2D eigenvalue weighted by Crippen LogP contribution is 2.34. The van der Waals surface area contributed by atoms with Crippen molar-refractivity contribution in [3.8, 4) is 0 Å². The highest BCUT2D eigenvalue weighted by atomic mass is 127. The van der Waals surface area contributed by atoms with E-state index in [2.05, 4.69) is 62.4 Å². The monoisotopic (exact) mass is 535 g/mol. The fourth-order valence-electron chi connectivity index (χ4n) is 4.16. The fourth-order valence-corrected chi connectivity index (χ4v) is 4.52. The summed E-state index contributed by atoms with van der Waals surface area (Å²) in [5.41, 5.74) is 3.54. The minimum Gasteiger partial charge on any atom is -0.481 e. The zero-order chi connectivity index (χ0) is 22.1. The molecule has 0 spiro atoms. The van der Waals surface area contributed by atoms with Crippen molar-refractivity contribution in [3.63, 3.8) is 0 Å². The van der Waals surface area contributed by atoms with E-state index < -0.39 is 5.97 Å². The minimum absolute atomic E-state index is 0.182. The molecule has 0 aromatic heterocycles. The molecule has 1 unspecified atom stereocenters. The van der Waals surface area contributed by atoms with Crippen molar-refractivity contribution in [2.24, 2.45) is 0 Å². The second kappa shape index (κ2) is 12.0. The van der Waals surface area contributed by atoms with Crippen LogP contribution >= 0.6 is 22.6 Å². The predicted octanol–water partition coefficient (Wildman–Crippen LogP) is 5.05. The van der Waals surface area contributed by atoms with E-state index in [1.165, 1.54) is 11.1 Å². The second-order valence-electron chi connectivity index (χ2n) is 7.88. The Morgan fingerprint density at radius 1 is 1.06 bits per heavy atom. The lowest BCUT2D eigenvalue weighted by Gasteiger charge is -2.36. The van der Waals surface area contributed by atoms with Gasteiger partial charge in [-0.1, -0.05) is 24.3 Å². The molecule has 31 heavy (non-hydrogen) atoms. The third-order valence-electron chi connectivity index (χ3n) is 5.62. The second-order valence-corrected chi connectivity index (χ2v) is 9.13. The van der Waals surface area contributed by atoms with Crippen LogP contribution in [0.1, 0.15) is 49.3 Å². The number of urea groups is 1. The number of amides is 2. The van der Waals surface area contributed by atoms with Crippen molar-refractivity contribution >= 4 is 40.3 Å². The van der Waals surface area contributed by atoms with E-state index in [1.807, 2.05) is 24.3 Å². The molecule has 2 amide bonds. The summed E-state index contributed by atoms with van der Waals surface area (Å²) in [7, 11) is 0. The zero-order valence-corrected chi connectivity index (χ0v) is 19.8. The first kappa shape index (κ1) is 23.5. The number of hydrogen-bond donors (Lipinski definition) is 3. The van der Waals surface area contributed by atoms with Gasteiger partial charge in [0.15, 0.2) is 0 Å². The van der Waals surface area contributed by atoms with E-state index in [0.29, 0.717) is 19.0 Å². The Labute approximate surface area is 197 Å². The van der Waals surface area contributed by atoms with Crippen LogP contribution in [0.2, 0.25) is 0 Å². The van der Waals surface area contributed by atoms with Crippen molar-refractivity contribution < 1.29 is 14.7 Å².